The minimum atomic E-state index is -1.97. The standard InChI is InChI=1S/C24H28N2O6/c1-3-31-22(27)24(23(28)32-4-2)19(16-15-17-11-7-5-8-12-17)21(26(29)30)20(25-24)18-13-9-6-10-14-18/h5-14,19-21,25H,3-4,15-16H2,1-2H3/t19-,20+,21-/m0/s1. The second kappa shape index (κ2) is 10.4. The van der Waals surface area contributed by atoms with Gasteiger partial charge in [0.15, 0.2) is 0 Å². The van der Waals surface area contributed by atoms with Crippen LogP contribution in [0.4, 0.5) is 0 Å². The van der Waals surface area contributed by atoms with Gasteiger partial charge in [-0.1, -0.05) is 60.7 Å². The lowest BCUT2D eigenvalue weighted by molar-refractivity contribution is -0.533. The van der Waals surface area contributed by atoms with Crippen molar-refractivity contribution in [3.8, 4) is 0 Å². The van der Waals surface area contributed by atoms with E-state index in [1.807, 2.05) is 30.3 Å². The van der Waals surface area contributed by atoms with E-state index in [2.05, 4.69) is 5.32 Å². The summed E-state index contributed by atoms with van der Waals surface area (Å²) in [6.07, 6.45) is 0.684. The molecule has 8 heteroatoms. The van der Waals surface area contributed by atoms with E-state index < -0.39 is 40.4 Å². The Labute approximate surface area is 187 Å². The van der Waals surface area contributed by atoms with E-state index in [0.29, 0.717) is 12.0 Å². The van der Waals surface area contributed by atoms with E-state index in [1.54, 1.807) is 44.2 Å². The molecule has 1 aliphatic rings. The summed E-state index contributed by atoms with van der Waals surface area (Å²) in [5.74, 6) is -2.66. The molecule has 8 nitrogen and oxygen atoms in total. The average molecular weight is 440 g/mol. The molecule has 0 unspecified atom stereocenters. The fourth-order valence-corrected chi connectivity index (χ4v) is 4.48. The predicted molar refractivity (Wildman–Crippen MR) is 117 cm³/mol. The minimum Gasteiger partial charge on any atom is -0.464 e. The highest BCUT2D eigenvalue weighted by molar-refractivity contribution is 6.06. The molecule has 1 aliphatic heterocycles. The maximum atomic E-state index is 13.2. The van der Waals surface area contributed by atoms with Crippen LogP contribution in [0.2, 0.25) is 0 Å². The van der Waals surface area contributed by atoms with Crippen molar-refractivity contribution in [3.05, 3.63) is 81.9 Å². The Bertz CT molecular complexity index is 916. The number of hydrogen-bond donors (Lipinski definition) is 1. The number of carbonyl (C=O) groups is 2. The van der Waals surface area contributed by atoms with Crippen LogP contribution >= 0.6 is 0 Å². The van der Waals surface area contributed by atoms with Gasteiger partial charge in [0.1, 0.15) is 6.04 Å². The molecule has 0 radical (unpaired) electrons. The molecule has 1 heterocycles. The summed E-state index contributed by atoms with van der Waals surface area (Å²) in [5, 5.41) is 15.3. The SMILES string of the molecule is CCOC(=O)C1(C(=O)OCC)N[C@H](c2ccccc2)[C@@H]([N+](=O)[O-])[C@@H]1CCc1ccccc1. The molecule has 0 saturated carbocycles. The third-order valence-corrected chi connectivity index (χ3v) is 5.88. The first-order valence-corrected chi connectivity index (χ1v) is 10.8. The zero-order valence-electron chi connectivity index (χ0n) is 18.2. The number of hydrogen-bond acceptors (Lipinski definition) is 7. The average Bonchev–Trinajstić information content (AvgIpc) is 3.16. The molecule has 0 spiro atoms. The van der Waals surface area contributed by atoms with E-state index in [1.165, 1.54) is 0 Å². The summed E-state index contributed by atoms with van der Waals surface area (Å²) in [6.45, 7) is 3.33. The Kier molecular flexibility index (Phi) is 7.58. The first-order chi connectivity index (χ1) is 15.5. The summed E-state index contributed by atoms with van der Waals surface area (Å²) >= 11 is 0. The van der Waals surface area contributed by atoms with Gasteiger partial charge in [0.2, 0.25) is 11.6 Å². The fourth-order valence-electron chi connectivity index (χ4n) is 4.48. The summed E-state index contributed by atoms with van der Waals surface area (Å²) in [4.78, 5) is 38.4. The summed E-state index contributed by atoms with van der Waals surface area (Å²) in [6, 6.07) is 16.2. The normalized spacial score (nSPS) is 21.6. The van der Waals surface area contributed by atoms with E-state index in [9.17, 15) is 19.7 Å². The number of carbonyl (C=O) groups excluding carboxylic acids is 2. The van der Waals surface area contributed by atoms with Gasteiger partial charge in [-0.3, -0.25) is 15.4 Å². The van der Waals surface area contributed by atoms with Crippen molar-refractivity contribution in [3.63, 3.8) is 0 Å². The molecule has 0 bridgehead atoms. The molecule has 32 heavy (non-hydrogen) atoms. The van der Waals surface area contributed by atoms with Gasteiger partial charge >= 0.3 is 11.9 Å². The molecule has 0 aliphatic carbocycles. The van der Waals surface area contributed by atoms with Crippen molar-refractivity contribution in [2.45, 2.75) is 44.3 Å². The molecule has 0 aromatic heterocycles. The summed E-state index contributed by atoms with van der Waals surface area (Å²) in [5.41, 5.74) is -0.396. The molecule has 3 rings (SSSR count). The minimum absolute atomic E-state index is 0.0339. The van der Waals surface area contributed by atoms with Crippen molar-refractivity contribution in [1.82, 2.24) is 5.32 Å². The lowest BCUT2D eigenvalue weighted by atomic mass is 9.78. The van der Waals surface area contributed by atoms with Crippen LogP contribution in [-0.4, -0.2) is 41.7 Å². The van der Waals surface area contributed by atoms with Crippen molar-refractivity contribution in [2.75, 3.05) is 13.2 Å². The van der Waals surface area contributed by atoms with E-state index in [4.69, 9.17) is 9.47 Å². The Morgan fingerprint density at radius 2 is 1.50 bits per heavy atom. The van der Waals surface area contributed by atoms with Crippen LogP contribution in [0.5, 0.6) is 0 Å². The Balaban J connectivity index is 2.11. The molecule has 2 aromatic rings. The largest absolute Gasteiger partial charge is 0.464 e. The third-order valence-electron chi connectivity index (χ3n) is 5.88. The van der Waals surface area contributed by atoms with E-state index >= 15 is 0 Å². The number of ether oxygens (including phenoxy) is 2. The lowest BCUT2D eigenvalue weighted by Gasteiger charge is -2.30. The van der Waals surface area contributed by atoms with Gasteiger partial charge in [0, 0.05) is 4.92 Å². The Morgan fingerprint density at radius 1 is 0.969 bits per heavy atom. The van der Waals surface area contributed by atoms with Crippen LogP contribution < -0.4 is 5.32 Å². The lowest BCUT2D eigenvalue weighted by Crippen LogP contribution is -2.61. The molecule has 0 amide bonds. The van der Waals surface area contributed by atoms with Gasteiger partial charge < -0.3 is 9.47 Å². The number of rotatable bonds is 9. The van der Waals surface area contributed by atoms with Crippen molar-refractivity contribution in [2.24, 2.45) is 5.92 Å². The molecule has 170 valence electrons. The van der Waals surface area contributed by atoms with E-state index in [-0.39, 0.29) is 19.6 Å². The highest BCUT2D eigenvalue weighted by atomic mass is 16.6. The number of nitrogens with zero attached hydrogens (tertiary/aromatic N) is 1. The quantitative estimate of drug-likeness (QED) is 0.276. The zero-order valence-corrected chi connectivity index (χ0v) is 18.2. The van der Waals surface area contributed by atoms with Gasteiger partial charge in [0.05, 0.1) is 19.1 Å². The summed E-state index contributed by atoms with van der Waals surface area (Å²) in [7, 11) is 0. The van der Waals surface area contributed by atoms with Gasteiger partial charge in [-0.2, -0.15) is 0 Å². The molecular weight excluding hydrogens is 412 g/mol. The van der Waals surface area contributed by atoms with Crippen LogP contribution in [0.1, 0.15) is 37.4 Å². The van der Waals surface area contributed by atoms with Crippen LogP contribution in [0.25, 0.3) is 0 Å². The Morgan fingerprint density at radius 3 is 2.00 bits per heavy atom. The number of nitro groups is 1. The molecule has 1 N–H and O–H groups in total. The number of esters is 2. The summed E-state index contributed by atoms with van der Waals surface area (Å²) < 4.78 is 10.5. The van der Waals surface area contributed by atoms with Gasteiger partial charge in [-0.05, 0) is 37.8 Å². The first kappa shape index (κ1) is 23.4. The monoisotopic (exact) mass is 440 g/mol. The van der Waals surface area contributed by atoms with Crippen LogP contribution in [-0.2, 0) is 25.5 Å². The smallest absolute Gasteiger partial charge is 0.338 e. The van der Waals surface area contributed by atoms with Crippen LogP contribution in [0.3, 0.4) is 0 Å². The first-order valence-electron chi connectivity index (χ1n) is 10.8. The topological polar surface area (TPSA) is 108 Å². The second-order valence-corrected chi connectivity index (χ2v) is 7.69. The predicted octanol–water partition coefficient (Wildman–Crippen LogP) is 3.09. The maximum absolute atomic E-state index is 13.2. The maximum Gasteiger partial charge on any atom is 0.338 e. The van der Waals surface area contributed by atoms with Crippen molar-refractivity contribution < 1.29 is 24.0 Å². The van der Waals surface area contributed by atoms with Crippen LogP contribution in [0.15, 0.2) is 60.7 Å². The third kappa shape index (κ3) is 4.50. The number of aryl methyl sites for hydroxylation is 1. The highest BCUT2D eigenvalue weighted by Crippen LogP contribution is 2.44. The molecule has 1 fully saturated rings. The second-order valence-electron chi connectivity index (χ2n) is 7.69. The zero-order chi connectivity index (χ0) is 23.1. The van der Waals surface area contributed by atoms with Crippen molar-refractivity contribution in [1.29, 1.82) is 0 Å². The van der Waals surface area contributed by atoms with E-state index in [0.717, 1.165) is 5.56 Å². The van der Waals surface area contributed by atoms with Crippen LogP contribution in [0, 0.1) is 16.0 Å². The molecule has 2 aromatic carbocycles. The van der Waals surface area contributed by atoms with Gasteiger partial charge in [-0.15, -0.1) is 0 Å². The molecular formula is C24H28N2O6. The molecule has 3 atom stereocenters. The Hall–Kier alpha value is -3.26. The highest BCUT2D eigenvalue weighted by Gasteiger charge is 2.68. The molecule has 1 saturated heterocycles. The fraction of sp³-hybridized carbons (Fsp3) is 0.417. The van der Waals surface area contributed by atoms with Crippen molar-refractivity contribution >= 4 is 11.9 Å². The number of nitrogens with one attached hydrogen (secondary N) is 1. The van der Waals surface area contributed by atoms with Gasteiger partial charge in [-0.25, -0.2) is 9.59 Å². The van der Waals surface area contributed by atoms with Gasteiger partial charge in [0.25, 0.3) is 0 Å². The number of benzene rings is 2.